The Labute approximate surface area is 136 Å². The van der Waals surface area contributed by atoms with Crippen molar-refractivity contribution in [2.75, 3.05) is 0 Å². The molecule has 0 unspecified atom stereocenters. The number of carbonyl (C=O) groups is 1. The molecule has 0 amide bonds. The monoisotopic (exact) mass is 353 g/mol. The Bertz CT molecular complexity index is 911. The van der Waals surface area contributed by atoms with Crippen molar-refractivity contribution in [1.29, 1.82) is 0 Å². The van der Waals surface area contributed by atoms with Crippen LogP contribution >= 0.6 is 0 Å². The van der Waals surface area contributed by atoms with Crippen LogP contribution in [-0.4, -0.2) is 31.1 Å². The Balaban J connectivity index is 1.83. The van der Waals surface area contributed by atoms with Crippen LogP contribution < -0.4 is 0 Å². The number of ketones is 1. The number of hydrogen-bond donors (Lipinski definition) is 0. The second-order valence-electron chi connectivity index (χ2n) is 4.77. The van der Waals surface area contributed by atoms with Gasteiger partial charge in [0.25, 0.3) is 0 Å². The van der Waals surface area contributed by atoms with Crippen LogP contribution in [0, 0.1) is 5.82 Å². The fourth-order valence-electron chi connectivity index (χ4n) is 1.92. The molecule has 11 heteroatoms. The Hall–Kier alpha value is -3.24. The van der Waals surface area contributed by atoms with Crippen LogP contribution in [0.4, 0.5) is 17.6 Å². The van der Waals surface area contributed by atoms with E-state index in [1.54, 1.807) is 0 Å². The Morgan fingerprint density at radius 3 is 2.60 bits per heavy atom. The minimum Gasteiger partial charge on any atom is -0.329 e. The van der Waals surface area contributed by atoms with Crippen LogP contribution in [0.5, 0.6) is 0 Å². The molecule has 0 saturated heterocycles. The van der Waals surface area contributed by atoms with Crippen molar-refractivity contribution in [3.63, 3.8) is 0 Å². The molecule has 0 spiro atoms. The van der Waals surface area contributed by atoms with Crippen LogP contribution in [0.25, 0.3) is 11.4 Å². The second kappa shape index (κ2) is 6.34. The largest absolute Gasteiger partial charge is 0.471 e. The molecule has 25 heavy (non-hydrogen) atoms. The van der Waals surface area contributed by atoms with Gasteiger partial charge in [0.15, 0.2) is 11.6 Å². The maximum Gasteiger partial charge on any atom is 0.471 e. The van der Waals surface area contributed by atoms with Crippen LogP contribution in [-0.2, 0) is 12.6 Å². The molecule has 0 bridgehead atoms. The average molecular weight is 353 g/mol. The number of rotatable bonds is 4. The van der Waals surface area contributed by atoms with Crippen LogP contribution in [0.1, 0.15) is 22.1 Å². The summed E-state index contributed by atoms with van der Waals surface area (Å²) in [6.07, 6.45) is -2.34. The number of alkyl halides is 3. The van der Waals surface area contributed by atoms with E-state index < -0.39 is 29.5 Å². The molecule has 2 heterocycles. The van der Waals surface area contributed by atoms with Crippen molar-refractivity contribution in [3.05, 3.63) is 53.7 Å². The van der Waals surface area contributed by atoms with E-state index in [4.69, 9.17) is 0 Å². The van der Waals surface area contributed by atoms with E-state index in [2.05, 4.69) is 29.8 Å². The summed E-state index contributed by atoms with van der Waals surface area (Å²) < 4.78 is 55.5. The number of halogens is 4. The molecule has 0 saturated carbocycles. The van der Waals surface area contributed by atoms with Gasteiger partial charge in [0, 0.05) is 11.8 Å². The van der Waals surface area contributed by atoms with E-state index in [1.165, 1.54) is 18.5 Å². The lowest BCUT2D eigenvalue weighted by molar-refractivity contribution is -0.159. The molecule has 0 aliphatic carbocycles. The zero-order chi connectivity index (χ0) is 18.0. The first-order valence-electron chi connectivity index (χ1n) is 6.71. The quantitative estimate of drug-likeness (QED) is 0.525. The highest BCUT2D eigenvalue weighted by molar-refractivity contribution is 5.97. The molecule has 0 N–H and O–H groups in total. The summed E-state index contributed by atoms with van der Waals surface area (Å²) in [5, 5.41) is 10.3. The number of Topliss-reactive ketones (excluding diaryl/α,β-unsaturated/α-hetero) is 1. The second-order valence-corrected chi connectivity index (χ2v) is 4.77. The predicted molar refractivity (Wildman–Crippen MR) is 72.6 cm³/mol. The van der Waals surface area contributed by atoms with Crippen molar-refractivity contribution in [2.24, 2.45) is 0 Å². The number of aromatic nitrogens is 5. The summed E-state index contributed by atoms with van der Waals surface area (Å²) in [6.45, 7) is 0. The minimum absolute atomic E-state index is 0.00626. The van der Waals surface area contributed by atoms with Gasteiger partial charge in [-0.15, -0.1) is 5.10 Å². The standard InChI is InChI=1S/C14H7F4N5O2/c15-9-5-7(10(24)6-11-19-3-4-20-22-11)1-2-8(9)12-21-13(25-23-12)14(16,17)18/h1-5H,6H2. The molecule has 0 aliphatic heterocycles. The maximum absolute atomic E-state index is 14.1. The SMILES string of the molecule is O=C(Cc1nccnn1)c1ccc(-c2noc(C(F)(F)F)n2)c(F)c1. The van der Waals surface area contributed by atoms with E-state index in [0.29, 0.717) is 0 Å². The average Bonchev–Trinajstić information content (AvgIpc) is 3.05. The van der Waals surface area contributed by atoms with Gasteiger partial charge in [-0.2, -0.15) is 23.3 Å². The zero-order valence-electron chi connectivity index (χ0n) is 12.2. The first kappa shape index (κ1) is 16.6. The van der Waals surface area contributed by atoms with Gasteiger partial charge in [-0.25, -0.2) is 9.37 Å². The summed E-state index contributed by atoms with van der Waals surface area (Å²) in [7, 11) is 0. The van der Waals surface area contributed by atoms with Gasteiger partial charge >= 0.3 is 12.1 Å². The molecule has 3 aromatic rings. The van der Waals surface area contributed by atoms with Gasteiger partial charge in [-0.05, 0) is 12.1 Å². The van der Waals surface area contributed by atoms with Crippen LogP contribution in [0.2, 0.25) is 0 Å². The summed E-state index contributed by atoms with van der Waals surface area (Å²) in [5.74, 6) is -3.45. The number of carbonyl (C=O) groups excluding carboxylic acids is 1. The molecule has 0 fully saturated rings. The lowest BCUT2D eigenvalue weighted by Crippen LogP contribution is -2.08. The van der Waals surface area contributed by atoms with Crippen molar-refractivity contribution < 1.29 is 26.9 Å². The van der Waals surface area contributed by atoms with Gasteiger partial charge in [0.05, 0.1) is 18.2 Å². The summed E-state index contributed by atoms with van der Waals surface area (Å²) >= 11 is 0. The van der Waals surface area contributed by atoms with E-state index >= 15 is 0 Å². The first-order chi connectivity index (χ1) is 11.8. The highest BCUT2D eigenvalue weighted by atomic mass is 19.4. The van der Waals surface area contributed by atoms with E-state index in [1.807, 2.05) is 0 Å². The molecular formula is C14H7F4N5O2. The van der Waals surface area contributed by atoms with Gasteiger partial charge < -0.3 is 4.52 Å². The first-order valence-corrected chi connectivity index (χ1v) is 6.71. The van der Waals surface area contributed by atoms with E-state index in [9.17, 15) is 22.4 Å². The third-order valence-corrected chi connectivity index (χ3v) is 3.05. The Morgan fingerprint density at radius 1 is 1.20 bits per heavy atom. The Kier molecular flexibility index (Phi) is 4.21. The predicted octanol–water partition coefficient (Wildman–Crippen LogP) is 2.50. The molecule has 0 radical (unpaired) electrons. The van der Waals surface area contributed by atoms with Crippen LogP contribution in [0.3, 0.4) is 0 Å². The van der Waals surface area contributed by atoms with Gasteiger partial charge in [-0.1, -0.05) is 11.2 Å². The fraction of sp³-hybridized carbons (Fsp3) is 0.143. The molecule has 0 aliphatic rings. The lowest BCUT2D eigenvalue weighted by atomic mass is 10.0. The molecular weight excluding hydrogens is 346 g/mol. The number of hydrogen-bond acceptors (Lipinski definition) is 7. The normalized spacial score (nSPS) is 11.5. The summed E-state index contributed by atoms with van der Waals surface area (Å²) in [6, 6.07) is 3.20. The smallest absolute Gasteiger partial charge is 0.329 e. The minimum atomic E-state index is -4.83. The van der Waals surface area contributed by atoms with E-state index in [0.717, 1.165) is 12.1 Å². The highest BCUT2D eigenvalue weighted by Crippen LogP contribution is 2.30. The molecule has 3 rings (SSSR count). The van der Waals surface area contributed by atoms with Crippen molar-refractivity contribution in [3.8, 4) is 11.4 Å². The van der Waals surface area contributed by atoms with E-state index in [-0.39, 0.29) is 23.4 Å². The zero-order valence-corrected chi connectivity index (χ0v) is 12.2. The molecule has 2 aromatic heterocycles. The molecule has 128 valence electrons. The summed E-state index contributed by atoms with van der Waals surface area (Å²) in [5.41, 5.74) is -0.332. The van der Waals surface area contributed by atoms with Gasteiger partial charge in [-0.3, -0.25) is 4.79 Å². The topological polar surface area (TPSA) is 94.7 Å². The molecule has 0 atom stereocenters. The van der Waals surface area contributed by atoms with Crippen molar-refractivity contribution in [1.82, 2.24) is 25.3 Å². The molecule has 7 nitrogen and oxygen atoms in total. The van der Waals surface area contributed by atoms with Crippen molar-refractivity contribution in [2.45, 2.75) is 12.6 Å². The lowest BCUT2D eigenvalue weighted by Gasteiger charge is -2.03. The fourth-order valence-corrected chi connectivity index (χ4v) is 1.92. The van der Waals surface area contributed by atoms with Crippen LogP contribution in [0.15, 0.2) is 35.1 Å². The molecule has 1 aromatic carbocycles. The Morgan fingerprint density at radius 2 is 2.00 bits per heavy atom. The number of benzene rings is 1. The highest BCUT2D eigenvalue weighted by Gasteiger charge is 2.38. The third kappa shape index (κ3) is 3.65. The third-order valence-electron chi connectivity index (χ3n) is 3.05. The van der Waals surface area contributed by atoms with Gasteiger partial charge in [0.2, 0.25) is 5.82 Å². The van der Waals surface area contributed by atoms with Crippen molar-refractivity contribution >= 4 is 5.78 Å². The summed E-state index contributed by atoms with van der Waals surface area (Å²) in [4.78, 5) is 19.0. The number of nitrogens with zero attached hydrogens (tertiary/aromatic N) is 5. The van der Waals surface area contributed by atoms with Gasteiger partial charge in [0.1, 0.15) is 5.82 Å². The maximum atomic E-state index is 14.1.